The van der Waals surface area contributed by atoms with Gasteiger partial charge < -0.3 is 15.0 Å². The number of nitrogens with zero attached hydrogens (tertiary/aromatic N) is 3. The first kappa shape index (κ1) is 23.7. The molecule has 4 aromatic rings. The van der Waals surface area contributed by atoms with Gasteiger partial charge >= 0.3 is 0 Å². The van der Waals surface area contributed by atoms with Gasteiger partial charge in [0.15, 0.2) is 0 Å². The van der Waals surface area contributed by atoms with Gasteiger partial charge in [-0.1, -0.05) is 23.7 Å². The molecule has 0 spiro atoms. The van der Waals surface area contributed by atoms with Gasteiger partial charge in [0.05, 0.1) is 16.3 Å². The summed E-state index contributed by atoms with van der Waals surface area (Å²) in [4.78, 5) is 35.7. The normalized spacial score (nSPS) is 10.5. The highest BCUT2D eigenvalue weighted by molar-refractivity contribution is 6.34. The molecule has 35 heavy (non-hydrogen) atoms. The molecule has 9 heteroatoms. The molecule has 2 N–H and O–H groups in total. The quantitative estimate of drug-likeness (QED) is 0.408. The van der Waals surface area contributed by atoms with Crippen LogP contribution in [0, 0.1) is 25.2 Å². The molecule has 2 heterocycles. The number of rotatable bonds is 6. The second-order valence-corrected chi connectivity index (χ2v) is 8.16. The standard InChI is InChI=1S/C26H20ClN5O3/c1-15-10-16(2)32-26(34)21(15)13-30-25(33)19-7-6-17(11-22(19)27)35-24-5-3-4-18(20(24)12-28)23-8-9-29-14-31-23/h3-11,14H,13H2,1-2H3,(H,30,33)(H,32,34). The van der Waals surface area contributed by atoms with Crippen LogP contribution < -0.4 is 15.6 Å². The smallest absolute Gasteiger partial charge is 0.253 e. The van der Waals surface area contributed by atoms with Gasteiger partial charge in [0, 0.05) is 35.6 Å². The maximum absolute atomic E-state index is 12.7. The first-order chi connectivity index (χ1) is 16.9. The number of H-pyrrole nitrogens is 1. The maximum atomic E-state index is 12.7. The van der Waals surface area contributed by atoms with Crippen molar-refractivity contribution in [3.8, 4) is 28.8 Å². The molecular formula is C26H20ClN5O3. The summed E-state index contributed by atoms with van der Waals surface area (Å²) in [5.74, 6) is 0.254. The number of ether oxygens (including phenoxy) is 1. The minimum atomic E-state index is -0.426. The summed E-state index contributed by atoms with van der Waals surface area (Å²) in [6.07, 6.45) is 3.00. The molecule has 8 nitrogen and oxygen atoms in total. The summed E-state index contributed by atoms with van der Waals surface area (Å²) in [6.45, 7) is 3.68. The number of aryl methyl sites for hydroxylation is 2. The summed E-state index contributed by atoms with van der Waals surface area (Å²) in [5.41, 5.74) is 3.52. The van der Waals surface area contributed by atoms with Crippen molar-refractivity contribution >= 4 is 17.5 Å². The highest BCUT2D eigenvalue weighted by Crippen LogP contribution is 2.33. The lowest BCUT2D eigenvalue weighted by atomic mass is 10.0. The van der Waals surface area contributed by atoms with E-state index in [0.717, 1.165) is 11.3 Å². The van der Waals surface area contributed by atoms with Crippen LogP contribution in [0.4, 0.5) is 0 Å². The fourth-order valence-electron chi connectivity index (χ4n) is 3.63. The lowest BCUT2D eigenvalue weighted by Gasteiger charge is -2.12. The van der Waals surface area contributed by atoms with Crippen LogP contribution in [0.5, 0.6) is 11.5 Å². The van der Waals surface area contributed by atoms with Gasteiger partial charge in [-0.3, -0.25) is 9.59 Å². The van der Waals surface area contributed by atoms with Crippen LogP contribution >= 0.6 is 11.6 Å². The molecule has 0 aliphatic carbocycles. The van der Waals surface area contributed by atoms with E-state index in [1.807, 2.05) is 13.0 Å². The molecule has 0 saturated heterocycles. The largest absolute Gasteiger partial charge is 0.456 e. The van der Waals surface area contributed by atoms with Crippen LogP contribution in [-0.2, 0) is 6.54 Å². The second kappa shape index (κ2) is 10.2. The number of pyridine rings is 1. The van der Waals surface area contributed by atoms with Gasteiger partial charge in [0.1, 0.15) is 29.5 Å². The summed E-state index contributed by atoms with van der Waals surface area (Å²) in [7, 11) is 0. The molecule has 0 fully saturated rings. The van der Waals surface area contributed by atoms with E-state index < -0.39 is 5.91 Å². The number of amides is 1. The lowest BCUT2D eigenvalue weighted by Crippen LogP contribution is -2.28. The van der Waals surface area contributed by atoms with Gasteiger partial charge in [-0.2, -0.15) is 5.26 Å². The summed E-state index contributed by atoms with van der Waals surface area (Å²) < 4.78 is 5.92. The molecule has 2 aromatic heterocycles. The van der Waals surface area contributed by atoms with Gasteiger partial charge in [-0.25, -0.2) is 9.97 Å². The average Bonchev–Trinajstić information content (AvgIpc) is 2.83. The fraction of sp³-hybridized carbons (Fsp3) is 0.115. The Hall–Kier alpha value is -4.48. The molecule has 0 aliphatic heterocycles. The third-order valence-electron chi connectivity index (χ3n) is 5.33. The number of aromatic amines is 1. The van der Waals surface area contributed by atoms with Crippen molar-refractivity contribution in [1.29, 1.82) is 5.26 Å². The average molecular weight is 486 g/mol. The van der Waals surface area contributed by atoms with Crippen molar-refractivity contribution in [2.45, 2.75) is 20.4 Å². The van der Waals surface area contributed by atoms with E-state index in [2.05, 4.69) is 26.3 Å². The third-order valence-corrected chi connectivity index (χ3v) is 5.64. The molecule has 0 saturated carbocycles. The van der Waals surface area contributed by atoms with E-state index >= 15 is 0 Å². The van der Waals surface area contributed by atoms with Crippen LogP contribution in [0.15, 0.2) is 65.8 Å². The van der Waals surface area contributed by atoms with E-state index in [9.17, 15) is 14.9 Å². The number of nitrogens with one attached hydrogen (secondary N) is 2. The Labute approximate surface area is 206 Å². The van der Waals surface area contributed by atoms with E-state index in [1.54, 1.807) is 43.5 Å². The van der Waals surface area contributed by atoms with E-state index in [0.29, 0.717) is 33.9 Å². The topological polar surface area (TPSA) is 121 Å². The number of benzene rings is 2. The van der Waals surface area contributed by atoms with Gasteiger partial charge in [0.25, 0.3) is 11.5 Å². The van der Waals surface area contributed by atoms with Gasteiger partial charge in [-0.15, -0.1) is 0 Å². The van der Waals surface area contributed by atoms with Crippen LogP contribution in [0.25, 0.3) is 11.3 Å². The second-order valence-electron chi connectivity index (χ2n) is 7.75. The molecule has 0 bridgehead atoms. The van der Waals surface area contributed by atoms with Crippen molar-refractivity contribution in [2.24, 2.45) is 0 Å². The number of carbonyl (C=O) groups is 1. The highest BCUT2D eigenvalue weighted by Gasteiger charge is 2.16. The number of hydrogen-bond donors (Lipinski definition) is 2. The molecule has 174 valence electrons. The molecule has 1 amide bonds. The van der Waals surface area contributed by atoms with Crippen LogP contribution in [0.3, 0.4) is 0 Å². The Balaban J connectivity index is 1.53. The van der Waals surface area contributed by atoms with E-state index in [1.165, 1.54) is 18.5 Å². The predicted octanol–water partition coefficient (Wildman–Crippen LogP) is 4.70. The lowest BCUT2D eigenvalue weighted by molar-refractivity contribution is 0.0951. The number of halogens is 1. The molecule has 0 atom stereocenters. The first-order valence-electron chi connectivity index (χ1n) is 10.6. The number of nitriles is 1. The van der Waals surface area contributed by atoms with E-state index in [4.69, 9.17) is 16.3 Å². The Morgan fingerprint density at radius 1 is 1.20 bits per heavy atom. The van der Waals surface area contributed by atoms with Crippen LogP contribution in [0.2, 0.25) is 5.02 Å². The maximum Gasteiger partial charge on any atom is 0.253 e. The first-order valence-corrected chi connectivity index (χ1v) is 11.0. The number of aromatic nitrogens is 3. The minimum absolute atomic E-state index is 0.0657. The zero-order valence-corrected chi connectivity index (χ0v) is 19.7. The Kier molecular flexibility index (Phi) is 6.90. The van der Waals surface area contributed by atoms with E-state index in [-0.39, 0.29) is 22.7 Å². The van der Waals surface area contributed by atoms with Crippen molar-refractivity contribution in [1.82, 2.24) is 20.3 Å². The SMILES string of the molecule is Cc1cc(C)c(CNC(=O)c2ccc(Oc3cccc(-c4ccncn4)c3C#N)cc2Cl)c(=O)[nH]1. The van der Waals surface area contributed by atoms with Crippen molar-refractivity contribution < 1.29 is 9.53 Å². The molecule has 0 unspecified atom stereocenters. The number of carbonyl (C=O) groups excluding carboxylic acids is 1. The molecular weight excluding hydrogens is 466 g/mol. The zero-order valence-electron chi connectivity index (χ0n) is 18.9. The predicted molar refractivity (Wildman–Crippen MR) is 131 cm³/mol. The number of hydrogen-bond acceptors (Lipinski definition) is 6. The molecule has 0 aliphatic rings. The molecule has 0 radical (unpaired) electrons. The molecule has 2 aromatic carbocycles. The van der Waals surface area contributed by atoms with Gasteiger partial charge in [-0.05, 0) is 49.7 Å². The Morgan fingerprint density at radius 2 is 2.03 bits per heavy atom. The summed E-state index contributed by atoms with van der Waals surface area (Å²) in [5, 5.41) is 12.6. The monoisotopic (exact) mass is 485 g/mol. The highest BCUT2D eigenvalue weighted by atomic mass is 35.5. The minimum Gasteiger partial charge on any atom is -0.456 e. The fourth-order valence-corrected chi connectivity index (χ4v) is 3.89. The summed E-state index contributed by atoms with van der Waals surface area (Å²) in [6, 6.07) is 15.5. The van der Waals surface area contributed by atoms with Gasteiger partial charge in [0.2, 0.25) is 0 Å². The van der Waals surface area contributed by atoms with Crippen LogP contribution in [-0.4, -0.2) is 20.9 Å². The van der Waals surface area contributed by atoms with Crippen molar-refractivity contribution in [3.63, 3.8) is 0 Å². The van der Waals surface area contributed by atoms with Crippen LogP contribution in [0.1, 0.15) is 32.7 Å². The molecule has 4 rings (SSSR count). The van der Waals surface area contributed by atoms with Crippen molar-refractivity contribution in [3.05, 3.63) is 104 Å². The zero-order chi connectivity index (χ0) is 24.9. The summed E-state index contributed by atoms with van der Waals surface area (Å²) >= 11 is 6.37. The third kappa shape index (κ3) is 5.21. The Bertz CT molecular complexity index is 1510. The Morgan fingerprint density at radius 3 is 2.71 bits per heavy atom. The van der Waals surface area contributed by atoms with Crippen molar-refractivity contribution in [2.75, 3.05) is 0 Å².